The van der Waals surface area contributed by atoms with Crippen molar-refractivity contribution in [1.29, 1.82) is 0 Å². The SMILES string of the molecule is Cc1cccc(NC(=O)c2nc(N)sc2Br)c1. The fourth-order valence-corrected chi connectivity index (χ4v) is 2.69. The molecule has 0 unspecified atom stereocenters. The predicted molar refractivity (Wildman–Crippen MR) is 73.4 cm³/mol. The minimum absolute atomic E-state index is 0.268. The molecule has 0 aliphatic carbocycles. The first-order valence-electron chi connectivity index (χ1n) is 4.86. The molecule has 17 heavy (non-hydrogen) atoms. The highest BCUT2D eigenvalue weighted by Crippen LogP contribution is 2.27. The number of benzene rings is 1. The van der Waals surface area contributed by atoms with Gasteiger partial charge in [-0.05, 0) is 40.5 Å². The van der Waals surface area contributed by atoms with E-state index < -0.39 is 0 Å². The molecule has 3 N–H and O–H groups in total. The number of anilines is 2. The van der Waals surface area contributed by atoms with E-state index in [1.54, 1.807) is 0 Å². The maximum absolute atomic E-state index is 11.9. The summed E-state index contributed by atoms with van der Waals surface area (Å²) in [4.78, 5) is 15.9. The van der Waals surface area contributed by atoms with Gasteiger partial charge >= 0.3 is 0 Å². The van der Waals surface area contributed by atoms with Crippen LogP contribution in [-0.2, 0) is 0 Å². The van der Waals surface area contributed by atoms with E-state index in [1.807, 2.05) is 31.2 Å². The van der Waals surface area contributed by atoms with E-state index in [0.29, 0.717) is 14.6 Å². The van der Waals surface area contributed by atoms with E-state index in [-0.39, 0.29) is 5.91 Å². The Kier molecular flexibility index (Phi) is 3.44. The van der Waals surface area contributed by atoms with Crippen molar-refractivity contribution in [3.05, 3.63) is 39.3 Å². The maximum atomic E-state index is 11.9. The van der Waals surface area contributed by atoms with Gasteiger partial charge in [-0.3, -0.25) is 4.79 Å². The summed E-state index contributed by atoms with van der Waals surface area (Å²) in [6, 6.07) is 7.57. The zero-order valence-corrected chi connectivity index (χ0v) is 11.4. The second kappa shape index (κ2) is 4.85. The summed E-state index contributed by atoms with van der Waals surface area (Å²) in [7, 11) is 0. The van der Waals surface area contributed by atoms with Crippen molar-refractivity contribution in [3.8, 4) is 0 Å². The summed E-state index contributed by atoms with van der Waals surface area (Å²) >= 11 is 4.49. The molecular formula is C11H10BrN3OS. The highest BCUT2D eigenvalue weighted by atomic mass is 79.9. The molecule has 0 aliphatic rings. The zero-order valence-electron chi connectivity index (χ0n) is 9.03. The summed E-state index contributed by atoms with van der Waals surface area (Å²) < 4.78 is 0.639. The first kappa shape index (κ1) is 12.1. The molecule has 2 aromatic rings. The molecule has 0 saturated carbocycles. The minimum Gasteiger partial charge on any atom is -0.375 e. The van der Waals surface area contributed by atoms with Crippen LogP contribution in [0.25, 0.3) is 0 Å². The van der Waals surface area contributed by atoms with E-state index in [4.69, 9.17) is 5.73 Å². The summed E-state index contributed by atoms with van der Waals surface area (Å²) in [5.41, 5.74) is 7.67. The average Bonchev–Trinajstić information content (AvgIpc) is 2.58. The molecule has 1 aromatic carbocycles. The number of hydrogen-bond donors (Lipinski definition) is 2. The Morgan fingerprint density at radius 1 is 1.53 bits per heavy atom. The van der Waals surface area contributed by atoms with Crippen molar-refractivity contribution in [1.82, 2.24) is 4.98 Å². The largest absolute Gasteiger partial charge is 0.375 e. The highest BCUT2D eigenvalue weighted by Gasteiger charge is 2.15. The number of nitrogens with one attached hydrogen (secondary N) is 1. The monoisotopic (exact) mass is 311 g/mol. The predicted octanol–water partition coefficient (Wildman–Crippen LogP) is 3.05. The number of nitrogens with two attached hydrogens (primary N) is 1. The number of thiazole rings is 1. The van der Waals surface area contributed by atoms with Crippen LogP contribution >= 0.6 is 27.3 Å². The third-order valence-corrected chi connectivity index (χ3v) is 3.63. The molecule has 0 fully saturated rings. The Morgan fingerprint density at radius 3 is 2.88 bits per heavy atom. The molecular weight excluding hydrogens is 302 g/mol. The number of aromatic nitrogens is 1. The van der Waals surface area contributed by atoms with Crippen LogP contribution in [0.4, 0.5) is 10.8 Å². The number of amides is 1. The number of rotatable bonds is 2. The number of nitrogens with zero attached hydrogens (tertiary/aromatic N) is 1. The van der Waals surface area contributed by atoms with Gasteiger partial charge in [0.25, 0.3) is 5.91 Å². The van der Waals surface area contributed by atoms with Crippen LogP contribution in [0.2, 0.25) is 0 Å². The molecule has 1 heterocycles. The minimum atomic E-state index is -0.268. The number of carbonyl (C=O) groups excluding carboxylic acids is 1. The lowest BCUT2D eigenvalue weighted by atomic mass is 10.2. The number of aryl methyl sites for hydroxylation is 1. The lowest BCUT2D eigenvalue weighted by Crippen LogP contribution is -2.13. The molecule has 4 nitrogen and oxygen atoms in total. The van der Waals surface area contributed by atoms with Crippen molar-refractivity contribution in [2.45, 2.75) is 6.92 Å². The Morgan fingerprint density at radius 2 is 2.29 bits per heavy atom. The van der Waals surface area contributed by atoms with Crippen molar-refractivity contribution in [3.63, 3.8) is 0 Å². The molecule has 0 radical (unpaired) electrons. The second-order valence-electron chi connectivity index (χ2n) is 3.50. The van der Waals surface area contributed by atoms with Gasteiger partial charge in [-0.15, -0.1) is 0 Å². The molecule has 2 rings (SSSR count). The van der Waals surface area contributed by atoms with Crippen molar-refractivity contribution in [2.75, 3.05) is 11.1 Å². The van der Waals surface area contributed by atoms with E-state index in [9.17, 15) is 4.79 Å². The van der Waals surface area contributed by atoms with E-state index in [1.165, 1.54) is 11.3 Å². The quantitative estimate of drug-likeness (QED) is 0.895. The average molecular weight is 312 g/mol. The Hall–Kier alpha value is -1.40. The lowest BCUT2D eigenvalue weighted by molar-refractivity contribution is 0.102. The summed E-state index contributed by atoms with van der Waals surface area (Å²) in [6.45, 7) is 1.96. The maximum Gasteiger partial charge on any atom is 0.276 e. The van der Waals surface area contributed by atoms with Gasteiger partial charge in [0.05, 0.1) is 0 Å². The van der Waals surface area contributed by atoms with Gasteiger partial charge in [0.1, 0.15) is 3.79 Å². The number of hydrogen-bond acceptors (Lipinski definition) is 4. The number of halogens is 1. The van der Waals surface area contributed by atoms with Crippen LogP contribution in [0.1, 0.15) is 16.1 Å². The molecule has 0 spiro atoms. The third-order valence-electron chi connectivity index (χ3n) is 2.09. The molecule has 6 heteroatoms. The fourth-order valence-electron chi connectivity index (χ4n) is 1.37. The van der Waals surface area contributed by atoms with E-state index in [0.717, 1.165) is 11.3 Å². The summed E-state index contributed by atoms with van der Waals surface area (Å²) in [5, 5.41) is 3.14. The van der Waals surface area contributed by atoms with Crippen LogP contribution in [0.15, 0.2) is 28.1 Å². The normalized spacial score (nSPS) is 10.2. The molecule has 1 amide bonds. The first-order chi connectivity index (χ1) is 8.06. The number of nitrogen functional groups attached to an aromatic ring is 1. The van der Waals surface area contributed by atoms with Crippen LogP contribution in [0, 0.1) is 6.92 Å². The lowest BCUT2D eigenvalue weighted by Gasteiger charge is -2.04. The van der Waals surface area contributed by atoms with Crippen LogP contribution in [-0.4, -0.2) is 10.9 Å². The smallest absolute Gasteiger partial charge is 0.276 e. The van der Waals surface area contributed by atoms with Crippen molar-refractivity contribution >= 4 is 44.0 Å². The standard InChI is InChI=1S/C11H10BrN3OS/c1-6-3-2-4-7(5-6)14-10(16)8-9(12)17-11(13)15-8/h2-5H,1H3,(H2,13,15)(H,14,16). The van der Waals surface area contributed by atoms with Gasteiger partial charge < -0.3 is 11.1 Å². The van der Waals surface area contributed by atoms with E-state index >= 15 is 0 Å². The van der Waals surface area contributed by atoms with Crippen molar-refractivity contribution < 1.29 is 4.79 Å². The Labute approximate surface area is 111 Å². The van der Waals surface area contributed by atoms with Gasteiger partial charge in [0, 0.05) is 5.69 Å². The molecule has 88 valence electrons. The third kappa shape index (κ3) is 2.83. The highest BCUT2D eigenvalue weighted by molar-refractivity contribution is 9.11. The van der Waals surface area contributed by atoms with Gasteiger partial charge in [-0.2, -0.15) is 0 Å². The van der Waals surface area contributed by atoms with Crippen LogP contribution < -0.4 is 11.1 Å². The van der Waals surface area contributed by atoms with Crippen LogP contribution in [0.3, 0.4) is 0 Å². The van der Waals surface area contributed by atoms with Gasteiger partial charge in [-0.1, -0.05) is 23.5 Å². The number of carbonyl (C=O) groups is 1. The molecule has 0 aliphatic heterocycles. The molecule has 0 atom stereocenters. The fraction of sp³-hybridized carbons (Fsp3) is 0.0909. The van der Waals surface area contributed by atoms with Gasteiger partial charge in [0.15, 0.2) is 10.8 Å². The van der Waals surface area contributed by atoms with E-state index in [2.05, 4.69) is 26.2 Å². The van der Waals surface area contributed by atoms with Crippen molar-refractivity contribution in [2.24, 2.45) is 0 Å². The van der Waals surface area contributed by atoms with Gasteiger partial charge in [0.2, 0.25) is 0 Å². The topological polar surface area (TPSA) is 68.0 Å². The zero-order chi connectivity index (χ0) is 12.4. The molecule has 0 saturated heterocycles. The van der Waals surface area contributed by atoms with Gasteiger partial charge in [-0.25, -0.2) is 4.98 Å². The summed E-state index contributed by atoms with van der Waals surface area (Å²) in [6.07, 6.45) is 0. The second-order valence-corrected chi connectivity index (χ2v) is 5.85. The Balaban J connectivity index is 2.20. The molecule has 1 aromatic heterocycles. The summed E-state index contributed by atoms with van der Waals surface area (Å²) in [5.74, 6) is -0.268. The van der Waals surface area contributed by atoms with Crippen LogP contribution in [0.5, 0.6) is 0 Å². The Bertz CT molecular complexity index is 568. The first-order valence-corrected chi connectivity index (χ1v) is 6.47. The molecule has 0 bridgehead atoms.